The minimum absolute atomic E-state index is 0.187. The van der Waals surface area contributed by atoms with Crippen LogP contribution in [0.1, 0.15) is 17.3 Å². The van der Waals surface area contributed by atoms with Crippen molar-refractivity contribution >= 4 is 5.97 Å². The van der Waals surface area contributed by atoms with Gasteiger partial charge in [0, 0.05) is 25.0 Å². The summed E-state index contributed by atoms with van der Waals surface area (Å²) in [6.07, 6.45) is 1.94. The molecule has 0 spiro atoms. The number of hydrogen-bond donors (Lipinski definition) is 1. The van der Waals surface area contributed by atoms with Gasteiger partial charge in [0.25, 0.3) is 0 Å². The molecule has 1 aliphatic rings. The molecule has 19 heavy (non-hydrogen) atoms. The highest BCUT2D eigenvalue weighted by Gasteiger charge is 2.26. The van der Waals surface area contributed by atoms with Crippen LogP contribution in [0.15, 0.2) is 48.7 Å². The first-order valence-corrected chi connectivity index (χ1v) is 6.41. The molecule has 3 rings (SSSR count). The fourth-order valence-electron chi connectivity index (χ4n) is 2.34. The van der Waals surface area contributed by atoms with E-state index in [4.69, 9.17) is 4.74 Å². The molecule has 98 valence electrons. The third-order valence-electron chi connectivity index (χ3n) is 3.34. The van der Waals surface area contributed by atoms with Crippen LogP contribution in [0.25, 0.3) is 0 Å². The standard InChI is InChI=1S/C15H16N2O2/c18-15(19-11-12-5-2-1-3-6-12)14-10-16-9-13-7-4-8-17(13)14/h1-8,14,16H,9-11H2. The number of aromatic nitrogens is 1. The quantitative estimate of drug-likeness (QED) is 0.853. The second-order valence-corrected chi connectivity index (χ2v) is 4.65. The van der Waals surface area contributed by atoms with Crippen LogP contribution < -0.4 is 5.32 Å². The van der Waals surface area contributed by atoms with E-state index in [9.17, 15) is 4.79 Å². The van der Waals surface area contributed by atoms with Crippen LogP contribution in [0.5, 0.6) is 0 Å². The minimum atomic E-state index is -0.262. The molecule has 1 aromatic carbocycles. The summed E-state index contributed by atoms with van der Waals surface area (Å²) in [5.74, 6) is -0.187. The molecule has 0 radical (unpaired) electrons. The highest BCUT2D eigenvalue weighted by molar-refractivity contribution is 5.75. The zero-order valence-corrected chi connectivity index (χ0v) is 10.6. The number of fused-ring (bicyclic) bond motifs is 1. The molecular weight excluding hydrogens is 240 g/mol. The lowest BCUT2D eigenvalue weighted by atomic mass is 10.2. The van der Waals surface area contributed by atoms with Gasteiger partial charge in [-0.05, 0) is 17.7 Å². The molecule has 1 N–H and O–H groups in total. The van der Waals surface area contributed by atoms with Crippen LogP contribution in [0.2, 0.25) is 0 Å². The van der Waals surface area contributed by atoms with E-state index in [1.165, 1.54) is 0 Å². The van der Waals surface area contributed by atoms with E-state index in [0.29, 0.717) is 13.2 Å². The van der Waals surface area contributed by atoms with Crippen molar-refractivity contribution in [2.24, 2.45) is 0 Å². The molecule has 1 aromatic heterocycles. The first kappa shape index (κ1) is 12.0. The molecule has 0 saturated heterocycles. The molecule has 0 bridgehead atoms. The van der Waals surface area contributed by atoms with E-state index in [-0.39, 0.29) is 12.0 Å². The van der Waals surface area contributed by atoms with Crippen LogP contribution >= 0.6 is 0 Å². The van der Waals surface area contributed by atoms with Crippen LogP contribution in [0.3, 0.4) is 0 Å². The molecule has 0 aliphatic carbocycles. The van der Waals surface area contributed by atoms with Gasteiger partial charge < -0.3 is 14.6 Å². The summed E-state index contributed by atoms with van der Waals surface area (Å²) in [5.41, 5.74) is 2.13. The van der Waals surface area contributed by atoms with Crippen molar-refractivity contribution in [3.05, 3.63) is 59.9 Å². The summed E-state index contributed by atoms with van der Waals surface area (Å²) in [4.78, 5) is 12.1. The third kappa shape index (κ3) is 2.53. The monoisotopic (exact) mass is 256 g/mol. The van der Waals surface area contributed by atoms with Crippen molar-refractivity contribution in [3.63, 3.8) is 0 Å². The predicted molar refractivity (Wildman–Crippen MR) is 71.4 cm³/mol. The molecular formula is C15H16N2O2. The van der Waals surface area contributed by atoms with Crippen molar-refractivity contribution in [1.82, 2.24) is 9.88 Å². The van der Waals surface area contributed by atoms with E-state index >= 15 is 0 Å². The third-order valence-corrected chi connectivity index (χ3v) is 3.34. The van der Waals surface area contributed by atoms with E-state index in [0.717, 1.165) is 17.8 Å². The number of rotatable bonds is 3. The van der Waals surface area contributed by atoms with Crippen LogP contribution in [-0.4, -0.2) is 17.1 Å². The van der Waals surface area contributed by atoms with Gasteiger partial charge in [0.15, 0.2) is 0 Å². The second kappa shape index (κ2) is 5.28. The van der Waals surface area contributed by atoms with Gasteiger partial charge in [-0.3, -0.25) is 0 Å². The van der Waals surface area contributed by atoms with E-state index in [2.05, 4.69) is 5.32 Å². The minimum Gasteiger partial charge on any atom is -0.459 e. The van der Waals surface area contributed by atoms with Gasteiger partial charge in [0.2, 0.25) is 0 Å². The second-order valence-electron chi connectivity index (χ2n) is 4.65. The molecule has 1 aliphatic heterocycles. The first-order valence-electron chi connectivity index (χ1n) is 6.41. The van der Waals surface area contributed by atoms with Crippen LogP contribution in [0.4, 0.5) is 0 Å². The van der Waals surface area contributed by atoms with Crippen molar-refractivity contribution in [2.45, 2.75) is 19.2 Å². The molecule has 4 heteroatoms. The highest BCUT2D eigenvalue weighted by Crippen LogP contribution is 2.18. The maximum atomic E-state index is 12.1. The van der Waals surface area contributed by atoms with E-state index in [1.807, 2.05) is 53.2 Å². The molecule has 0 fully saturated rings. The Kier molecular flexibility index (Phi) is 3.33. The molecule has 1 unspecified atom stereocenters. The van der Waals surface area contributed by atoms with E-state index < -0.39 is 0 Å². The Morgan fingerprint density at radius 3 is 2.95 bits per heavy atom. The molecule has 0 saturated carbocycles. The van der Waals surface area contributed by atoms with Gasteiger partial charge >= 0.3 is 5.97 Å². The van der Waals surface area contributed by atoms with Crippen molar-refractivity contribution < 1.29 is 9.53 Å². The summed E-state index contributed by atoms with van der Waals surface area (Å²) in [5, 5.41) is 3.23. The van der Waals surface area contributed by atoms with Crippen molar-refractivity contribution in [1.29, 1.82) is 0 Å². The lowest BCUT2D eigenvalue weighted by molar-refractivity contribution is -0.149. The summed E-state index contributed by atoms with van der Waals surface area (Å²) in [6, 6.07) is 13.4. The zero-order chi connectivity index (χ0) is 13.1. The summed E-state index contributed by atoms with van der Waals surface area (Å²) < 4.78 is 7.38. The van der Waals surface area contributed by atoms with E-state index in [1.54, 1.807) is 0 Å². The first-order chi connectivity index (χ1) is 9.34. The Bertz CT molecular complexity index is 563. The van der Waals surface area contributed by atoms with Gasteiger partial charge in [-0.25, -0.2) is 4.79 Å². The van der Waals surface area contributed by atoms with Gasteiger partial charge in [0.05, 0.1) is 0 Å². The largest absolute Gasteiger partial charge is 0.459 e. The summed E-state index contributed by atoms with van der Waals surface area (Å²) in [6.45, 7) is 1.75. The maximum absolute atomic E-state index is 12.1. The lowest BCUT2D eigenvalue weighted by Gasteiger charge is -2.25. The van der Waals surface area contributed by atoms with Gasteiger partial charge in [0.1, 0.15) is 12.6 Å². The highest BCUT2D eigenvalue weighted by atomic mass is 16.5. The Labute approximate surface area is 112 Å². The number of nitrogens with zero attached hydrogens (tertiary/aromatic N) is 1. The van der Waals surface area contributed by atoms with Crippen molar-refractivity contribution in [3.8, 4) is 0 Å². The molecule has 0 amide bonds. The Hall–Kier alpha value is -2.07. The Balaban J connectivity index is 1.66. The number of hydrogen-bond acceptors (Lipinski definition) is 3. The average molecular weight is 256 g/mol. The lowest BCUT2D eigenvalue weighted by Crippen LogP contribution is -2.37. The van der Waals surface area contributed by atoms with Crippen molar-refractivity contribution in [2.75, 3.05) is 6.54 Å². The fraction of sp³-hybridized carbons (Fsp3) is 0.267. The Morgan fingerprint density at radius 2 is 2.11 bits per heavy atom. The SMILES string of the molecule is O=C(OCc1ccccc1)C1CNCc2cccn21. The van der Waals surface area contributed by atoms with Crippen LogP contribution in [0, 0.1) is 0 Å². The fourth-order valence-corrected chi connectivity index (χ4v) is 2.34. The number of carbonyl (C=O) groups is 1. The zero-order valence-electron chi connectivity index (χ0n) is 10.6. The molecule has 2 aromatic rings. The molecule has 4 nitrogen and oxygen atoms in total. The molecule has 2 heterocycles. The van der Waals surface area contributed by atoms with Gasteiger partial charge in [-0.1, -0.05) is 30.3 Å². The maximum Gasteiger partial charge on any atom is 0.330 e. The number of benzene rings is 1. The predicted octanol–water partition coefficient (Wildman–Crippen LogP) is 1.88. The summed E-state index contributed by atoms with van der Waals surface area (Å²) >= 11 is 0. The average Bonchev–Trinajstić information content (AvgIpc) is 2.94. The Morgan fingerprint density at radius 1 is 1.26 bits per heavy atom. The number of carbonyl (C=O) groups excluding carboxylic acids is 1. The topological polar surface area (TPSA) is 43.3 Å². The van der Waals surface area contributed by atoms with Crippen LogP contribution in [-0.2, 0) is 22.7 Å². The molecule has 1 atom stereocenters. The van der Waals surface area contributed by atoms with Gasteiger partial charge in [-0.15, -0.1) is 0 Å². The summed E-state index contributed by atoms with van der Waals surface area (Å²) in [7, 11) is 0. The number of esters is 1. The smallest absolute Gasteiger partial charge is 0.330 e. The normalized spacial score (nSPS) is 17.8. The van der Waals surface area contributed by atoms with Gasteiger partial charge in [-0.2, -0.15) is 0 Å². The number of ether oxygens (including phenoxy) is 1. The number of nitrogens with one attached hydrogen (secondary N) is 1.